The quantitative estimate of drug-likeness (QED) is 0.582. The number of aryl methyl sites for hydroxylation is 1. The van der Waals surface area contributed by atoms with Crippen molar-refractivity contribution >= 4 is 34.0 Å². The number of carbonyl (C=O) groups is 1. The van der Waals surface area contributed by atoms with Crippen LogP contribution in [0.15, 0.2) is 23.1 Å². The van der Waals surface area contributed by atoms with Gasteiger partial charge in [0.1, 0.15) is 21.1 Å². The van der Waals surface area contributed by atoms with Crippen LogP contribution < -0.4 is 4.74 Å². The van der Waals surface area contributed by atoms with Gasteiger partial charge in [0.15, 0.2) is 0 Å². The zero-order valence-electron chi connectivity index (χ0n) is 16.6. The Hall–Kier alpha value is -2.10. The highest BCUT2D eigenvalue weighted by Gasteiger charge is 2.30. The molecule has 0 aliphatic carbocycles. The molecule has 2 heterocycles. The Kier molecular flexibility index (Phi) is 5.20. The molecule has 0 aliphatic heterocycles. The lowest BCUT2D eigenvalue weighted by Gasteiger charge is -2.20. The van der Waals surface area contributed by atoms with Crippen LogP contribution in [0.5, 0.6) is 5.75 Å². The summed E-state index contributed by atoms with van der Waals surface area (Å²) in [6.45, 7) is 8.59. The van der Waals surface area contributed by atoms with E-state index in [0.29, 0.717) is 15.7 Å². The molecule has 0 amide bonds. The summed E-state index contributed by atoms with van der Waals surface area (Å²) in [5, 5.41) is 24.9. The Morgan fingerprint density at radius 1 is 1.29 bits per heavy atom. The zero-order chi connectivity index (χ0) is 20.9. The monoisotopic (exact) mass is 421 g/mol. The SMILES string of the molecule is COc1ccc(-c2c(C)nc3sc(C(C)(C)O)nn23)cc1SC(C)(C)C(=O)O. The van der Waals surface area contributed by atoms with Gasteiger partial charge in [-0.15, -0.1) is 11.8 Å². The van der Waals surface area contributed by atoms with Crippen molar-refractivity contribution in [1.82, 2.24) is 14.6 Å². The molecular formula is C19H23N3O4S2. The molecule has 28 heavy (non-hydrogen) atoms. The second-order valence-corrected chi connectivity index (χ2v) is 10.1. The molecule has 9 heteroatoms. The number of hydrogen-bond donors (Lipinski definition) is 2. The minimum absolute atomic E-state index is 0.575. The predicted octanol–water partition coefficient (Wildman–Crippen LogP) is 3.96. The number of hydrogen-bond acceptors (Lipinski definition) is 7. The molecule has 2 aromatic heterocycles. The third kappa shape index (κ3) is 3.74. The van der Waals surface area contributed by atoms with E-state index in [1.165, 1.54) is 23.1 Å². The number of benzene rings is 1. The van der Waals surface area contributed by atoms with E-state index in [1.807, 2.05) is 25.1 Å². The Bertz CT molecular complexity index is 1050. The van der Waals surface area contributed by atoms with Gasteiger partial charge in [0.25, 0.3) is 0 Å². The molecule has 0 spiro atoms. The van der Waals surface area contributed by atoms with E-state index < -0.39 is 16.3 Å². The van der Waals surface area contributed by atoms with E-state index in [9.17, 15) is 15.0 Å². The van der Waals surface area contributed by atoms with E-state index in [0.717, 1.165) is 21.8 Å². The minimum Gasteiger partial charge on any atom is -0.496 e. The van der Waals surface area contributed by atoms with Gasteiger partial charge in [-0.25, -0.2) is 9.50 Å². The van der Waals surface area contributed by atoms with Gasteiger partial charge in [0, 0.05) is 5.56 Å². The van der Waals surface area contributed by atoms with Crippen molar-refractivity contribution in [3.05, 3.63) is 28.9 Å². The third-order valence-corrected chi connectivity index (χ3v) is 6.66. The van der Waals surface area contributed by atoms with E-state index in [-0.39, 0.29) is 0 Å². The van der Waals surface area contributed by atoms with Crippen LogP contribution in [0.3, 0.4) is 0 Å². The Morgan fingerprint density at radius 2 is 1.96 bits per heavy atom. The Labute approximate surface area is 171 Å². The number of imidazole rings is 1. The summed E-state index contributed by atoms with van der Waals surface area (Å²) in [6.07, 6.45) is 0. The average molecular weight is 422 g/mol. The lowest BCUT2D eigenvalue weighted by Crippen LogP contribution is -2.26. The van der Waals surface area contributed by atoms with Crippen molar-refractivity contribution in [2.75, 3.05) is 7.11 Å². The first-order valence-corrected chi connectivity index (χ1v) is 10.3. The predicted molar refractivity (Wildman–Crippen MR) is 110 cm³/mol. The van der Waals surface area contributed by atoms with Crippen molar-refractivity contribution in [1.29, 1.82) is 0 Å². The number of aromatic nitrogens is 3. The number of nitrogens with zero attached hydrogens (tertiary/aromatic N) is 3. The largest absolute Gasteiger partial charge is 0.496 e. The molecule has 0 unspecified atom stereocenters. The number of ether oxygens (including phenoxy) is 1. The lowest BCUT2D eigenvalue weighted by molar-refractivity contribution is -0.138. The summed E-state index contributed by atoms with van der Waals surface area (Å²) < 4.78 is 6.14. The molecule has 0 saturated heterocycles. The number of rotatable bonds is 6. The van der Waals surface area contributed by atoms with Gasteiger partial charge in [-0.1, -0.05) is 11.3 Å². The Morgan fingerprint density at radius 3 is 2.54 bits per heavy atom. The second kappa shape index (κ2) is 7.06. The standard InChI is InChI=1S/C19H23N3O4S2/c1-10-14(22-17(20-10)27-15(21-22)18(2,3)25)11-7-8-12(26-6)13(9-11)28-19(4,5)16(23)24/h7-9,25H,1-6H3,(H,23,24). The first-order valence-electron chi connectivity index (χ1n) is 8.64. The smallest absolute Gasteiger partial charge is 0.319 e. The van der Waals surface area contributed by atoms with Gasteiger partial charge >= 0.3 is 5.97 Å². The fraction of sp³-hybridized carbons (Fsp3) is 0.421. The van der Waals surface area contributed by atoms with Gasteiger partial charge in [-0.2, -0.15) is 5.10 Å². The normalized spacial score (nSPS) is 12.5. The fourth-order valence-electron chi connectivity index (χ4n) is 2.65. The molecule has 7 nitrogen and oxygen atoms in total. The maximum atomic E-state index is 11.6. The van der Waals surface area contributed by atoms with Gasteiger partial charge in [-0.3, -0.25) is 4.79 Å². The topological polar surface area (TPSA) is 97.0 Å². The van der Waals surface area contributed by atoms with Gasteiger partial charge in [-0.05, 0) is 52.8 Å². The highest BCUT2D eigenvalue weighted by atomic mass is 32.2. The summed E-state index contributed by atoms with van der Waals surface area (Å²) in [5.41, 5.74) is 1.41. The summed E-state index contributed by atoms with van der Waals surface area (Å²) in [5.74, 6) is -0.292. The van der Waals surface area contributed by atoms with Crippen LogP contribution in [0.4, 0.5) is 0 Å². The first kappa shape index (κ1) is 20.6. The van der Waals surface area contributed by atoms with E-state index in [4.69, 9.17) is 4.74 Å². The highest BCUT2D eigenvalue weighted by Crippen LogP contribution is 2.41. The molecule has 3 aromatic rings. The molecule has 2 N–H and O–H groups in total. The van der Waals surface area contributed by atoms with Crippen molar-refractivity contribution in [2.45, 2.75) is 49.9 Å². The van der Waals surface area contributed by atoms with Crippen LogP contribution in [0.2, 0.25) is 0 Å². The molecule has 0 saturated carbocycles. The van der Waals surface area contributed by atoms with Gasteiger partial charge < -0.3 is 14.9 Å². The Balaban J connectivity index is 2.14. The number of methoxy groups -OCH3 is 1. The summed E-state index contributed by atoms with van der Waals surface area (Å²) in [4.78, 5) is 17.5. The molecular weight excluding hydrogens is 398 g/mol. The van der Waals surface area contributed by atoms with Crippen LogP contribution in [0, 0.1) is 6.92 Å². The first-order chi connectivity index (χ1) is 12.9. The summed E-state index contributed by atoms with van der Waals surface area (Å²) in [7, 11) is 1.56. The highest BCUT2D eigenvalue weighted by molar-refractivity contribution is 8.01. The minimum atomic E-state index is -1.05. The van der Waals surface area contributed by atoms with Crippen LogP contribution in [-0.2, 0) is 10.4 Å². The van der Waals surface area contributed by atoms with Crippen LogP contribution in [-0.4, -0.2) is 42.6 Å². The van der Waals surface area contributed by atoms with Crippen molar-refractivity contribution in [3.8, 4) is 17.0 Å². The van der Waals surface area contributed by atoms with Crippen LogP contribution >= 0.6 is 23.1 Å². The number of carboxylic acid groups (broad SMARTS) is 1. The number of fused-ring (bicyclic) bond motifs is 1. The maximum absolute atomic E-state index is 11.6. The molecule has 0 atom stereocenters. The van der Waals surface area contributed by atoms with Crippen molar-refractivity contribution in [2.24, 2.45) is 0 Å². The van der Waals surface area contributed by atoms with Gasteiger partial charge in [0.05, 0.1) is 23.4 Å². The molecule has 0 radical (unpaired) electrons. The second-order valence-electron chi connectivity index (χ2n) is 7.49. The summed E-state index contributed by atoms with van der Waals surface area (Å²) >= 11 is 2.57. The van der Waals surface area contributed by atoms with Crippen molar-refractivity contribution in [3.63, 3.8) is 0 Å². The molecule has 150 valence electrons. The van der Waals surface area contributed by atoms with E-state index >= 15 is 0 Å². The fourth-order valence-corrected chi connectivity index (χ4v) is 4.67. The van der Waals surface area contributed by atoms with Gasteiger partial charge in [0.2, 0.25) is 4.96 Å². The van der Waals surface area contributed by atoms with Crippen LogP contribution in [0.1, 0.15) is 38.4 Å². The van der Waals surface area contributed by atoms with Crippen LogP contribution in [0.25, 0.3) is 16.2 Å². The number of aliphatic carboxylic acids is 1. The molecule has 0 fully saturated rings. The molecule has 3 rings (SSSR count). The number of thioether (sulfide) groups is 1. The van der Waals surface area contributed by atoms with Crippen molar-refractivity contribution < 1.29 is 19.7 Å². The number of aliphatic hydroxyl groups is 1. The van der Waals surface area contributed by atoms with E-state index in [1.54, 1.807) is 39.3 Å². The lowest BCUT2D eigenvalue weighted by atomic mass is 10.1. The molecule has 0 bridgehead atoms. The third-order valence-electron chi connectivity index (χ3n) is 4.22. The zero-order valence-corrected chi connectivity index (χ0v) is 18.2. The average Bonchev–Trinajstić information content (AvgIpc) is 3.10. The van der Waals surface area contributed by atoms with E-state index in [2.05, 4.69) is 10.1 Å². The molecule has 1 aromatic carbocycles. The number of carboxylic acids is 1. The maximum Gasteiger partial charge on any atom is 0.319 e. The summed E-state index contributed by atoms with van der Waals surface area (Å²) in [6, 6.07) is 5.61. The molecule has 0 aliphatic rings.